The van der Waals surface area contributed by atoms with Gasteiger partial charge in [0, 0.05) is 13.0 Å². The van der Waals surface area contributed by atoms with Gasteiger partial charge in [0.05, 0.1) is 0 Å². The van der Waals surface area contributed by atoms with Crippen molar-refractivity contribution in [2.24, 2.45) is 11.1 Å². The molecule has 1 rings (SSSR count). The Morgan fingerprint density at radius 1 is 1.14 bits per heavy atom. The molecule has 1 aromatic rings. The van der Waals surface area contributed by atoms with Crippen molar-refractivity contribution in [1.82, 2.24) is 0 Å². The standard InChI is InChI=1S/C18H27NO3/c1-2-3-9-15(10-7-8-13-20)14-17(21)18(19-22)16-11-5-4-6-12-16/h4-6,11-12,15,18,20H,2-3,7-10,13-14H2,1H3. The fraction of sp³-hybridized carbons (Fsp3) is 0.611. The van der Waals surface area contributed by atoms with Gasteiger partial charge in [-0.15, -0.1) is 4.91 Å². The van der Waals surface area contributed by atoms with E-state index in [0.29, 0.717) is 12.0 Å². The highest BCUT2D eigenvalue weighted by Crippen LogP contribution is 2.26. The molecule has 122 valence electrons. The van der Waals surface area contributed by atoms with E-state index in [2.05, 4.69) is 12.1 Å². The summed E-state index contributed by atoms with van der Waals surface area (Å²) >= 11 is 0. The normalized spacial score (nSPS) is 13.5. The minimum Gasteiger partial charge on any atom is -0.396 e. The van der Waals surface area contributed by atoms with Crippen molar-refractivity contribution in [2.75, 3.05) is 6.61 Å². The van der Waals surface area contributed by atoms with E-state index < -0.39 is 6.04 Å². The predicted octanol–water partition coefficient (Wildman–Crippen LogP) is 4.42. The molecule has 2 atom stereocenters. The molecule has 0 aliphatic carbocycles. The number of carbonyl (C=O) groups excluding carboxylic acids is 1. The van der Waals surface area contributed by atoms with E-state index in [1.54, 1.807) is 12.1 Å². The number of carbonyl (C=O) groups is 1. The zero-order valence-corrected chi connectivity index (χ0v) is 13.4. The molecule has 22 heavy (non-hydrogen) atoms. The lowest BCUT2D eigenvalue weighted by atomic mass is 9.88. The fourth-order valence-electron chi connectivity index (χ4n) is 2.72. The number of unbranched alkanes of at least 4 members (excludes halogenated alkanes) is 2. The van der Waals surface area contributed by atoms with Crippen LogP contribution in [0, 0.1) is 10.8 Å². The van der Waals surface area contributed by atoms with E-state index in [-0.39, 0.29) is 18.3 Å². The first-order valence-corrected chi connectivity index (χ1v) is 8.23. The molecule has 0 aromatic heterocycles. The highest BCUT2D eigenvalue weighted by molar-refractivity contribution is 5.85. The zero-order chi connectivity index (χ0) is 16.2. The van der Waals surface area contributed by atoms with Crippen LogP contribution in [0.1, 0.15) is 63.5 Å². The SMILES string of the molecule is CCCCC(CCCCO)CC(=O)C(N=O)c1ccccc1. The molecule has 4 nitrogen and oxygen atoms in total. The van der Waals surface area contributed by atoms with Crippen LogP contribution < -0.4 is 0 Å². The fourth-order valence-corrected chi connectivity index (χ4v) is 2.72. The molecule has 0 aliphatic heterocycles. The molecule has 0 bridgehead atoms. The third-order valence-corrected chi connectivity index (χ3v) is 4.00. The average Bonchev–Trinajstić information content (AvgIpc) is 2.54. The number of aliphatic hydroxyl groups is 1. The maximum Gasteiger partial charge on any atom is 0.175 e. The summed E-state index contributed by atoms with van der Waals surface area (Å²) in [7, 11) is 0. The van der Waals surface area contributed by atoms with Crippen LogP contribution in [-0.4, -0.2) is 17.5 Å². The summed E-state index contributed by atoms with van der Waals surface area (Å²) < 4.78 is 0. The molecule has 4 heteroatoms. The van der Waals surface area contributed by atoms with Crippen molar-refractivity contribution in [3.63, 3.8) is 0 Å². The van der Waals surface area contributed by atoms with E-state index in [1.807, 2.05) is 18.2 Å². The number of nitroso groups, excluding NO2 is 1. The van der Waals surface area contributed by atoms with Crippen LogP contribution in [0.25, 0.3) is 0 Å². The summed E-state index contributed by atoms with van der Waals surface area (Å²) in [6, 6.07) is 8.15. The lowest BCUT2D eigenvalue weighted by molar-refractivity contribution is -0.121. The number of rotatable bonds is 12. The molecule has 0 radical (unpaired) electrons. The van der Waals surface area contributed by atoms with Gasteiger partial charge in [-0.2, -0.15) is 0 Å². The van der Waals surface area contributed by atoms with Gasteiger partial charge in [-0.3, -0.25) is 4.79 Å². The summed E-state index contributed by atoms with van der Waals surface area (Å²) in [5, 5.41) is 11.9. The van der Waals surface area contributed by atoms with Crippen LogP contribution in [0.2, 0.25) is 0 Å². The van der Waals surface area contributed by atoms with Crippen molar-refractivity contribution in [2.45, 2.75) is 57.9 Å². The summed E-state index contributed by atoms with van der Waals surface area (Å²) in [4.78, 5) is 23.5. The van der Waals surface area contributed by atoms with Crippen LogP contribution >= 0.6 is 0 Å². The first kappa shape index (κ1) is 18.5. The number of hydrogen-bond donors (Lipinski definition) is 1. The van der Waals surface area contributed by atoms with Gasteiger partial charge in [0.1, 0.15) is 0 Å². The quantitative estimate of drug-likeness (QED) is 0.459. The first-order valence-electron chi connectivity index (χ1n) is 8.23. The van der Waals surface area contributed by atoms with Crippen molar-refractivity contribution >= 4 is 5.78 Å². The molecular weight excluding hydrogens is 278 g/mol. The lowest BCUT2D eigenvalue weighted by Gasteiger charge is -2.17. The minimum atomic E-state index is -0.886. The molecular formula is C18H27NO3. The number of hydrogen-bond acceptors (Lipinski definition) is 4. The van der Waals surface area contributed by atoms with Crippen molar-refractivity contribution in [3.05, 3.63) is 40.8 Å². The average molecular weight is 305 g/mol. The van der Waals surface area contributed by atoms with Crippen LogP contribution in [0.3, 0.4) is 0 Å². The molecule has 0 saturated carbocycles. The van der Waals surface area contributed by atoms with Gasteiger partial charge < -0.3 is 5.11 Å². The van der Waals surface area contributed by atoms with Gasteiger partial charge in [-0.1, -0.05) is 68.1 Å². The van der Waals surface area contributed by atoms with E-state index in [4.69, 9.17) is 5.11 Å². The third kappa shape index (κ3) is 6.48. The number of Topliss-reactive ketones (excluding diaryl/α,β-unsaturated/α-hetero) is 1. The van der Waals surface area contributed by atoms with Gasteiger partial charge in [-0.05, 0) is 24.3 Å². The largest absolute Gasteiger partial charge is 0.396 e. The van der Waals surface area contributed by atoms with Crippen LogP contribution in [0.5, 0.6) is 0 Å². The Hall–Kier alpha value is -1.55. The minimum absolute atomic E-state index is 0.0914. The topological polar surface area (TPSA) is 66.7 Å². The summed E-state index contributed by atoms with van der Waals surface area (Å²) in [6.07, 6.45) is 6.19. The van der Waals surface area contributed by atoms with Gasteiger partial charge >= 0.3 is 0 Å². The second-order valence-corrected chi connectivity index (χ2v) is 5.82. The van der Waals surface area contributed by atoms with E-state index in [0.717, 1.165) is 38.5 Å². The molecule has 0 aliphatic rings. The molecule has 0 spiro atoms. The zero-order valence-electron chi connectivity index (χ0n) is 13.4. The number of benzene rings is 1. The van der Waals surface area contributed by atoms with Crippen LogP contribution in [-0.2, 0) is 4.79 Å². The van der Waals surface area contributed by atoms with Gasteiger partial charge in [0.25, 0.3) is 0 Å². The maximum atomic E-state index is 12.4. The Kier molecular flexibility index (Phi) is 9.31. The Morgan fingerprint density at radius 2 is 1.82 bits per heavy atom. The van der Waals surface area contributed by atoms with Gasteiger partial charge in [0.15, 0.2) is 11.8 Å². The predicted molar refractivity (Wildman–Crippen MR) is 88.6 cm³/mol. The van der Waals surface area contributed by atoms with Crippen molar-refractivity contribution in [3.8, 4) is 0 Å². The number of nitrogens with zero attached hydrogens (tertiary/aromatic N) is 1. The molecule has 1 N–H and O–H groups in total. The van der Waals surface area contributed by atoms with Crippen molar-refractivity contribution < 1.29 is 9.90 Å². The van der Waals surface area contributed by atoms with E-state index in [1.165, 1.54) is 0 Å². The summed E-state index contributed by atoms with van der Waals surface area (Å²) in [6.45, 7) is 2.32. The first-order chi connectivity index (χ1) is 10.7. The molecule has 0 saturated heterocycles. The Bertz CT molecular complexity index is 433. The van der Waals surface area contributed by atoms with Gasteiger partial charge in [-0.25, -0.2) is 0 Å². The molecule has 1 aromatic carbocycles. The molecule has 0 fully saturated rings. The monoisotopic (exact) mass is 305 g/mol. The second-order valence-electron chi connectivity index (χ2n) is 5.82. The van der Waals surface area contributed by atoms with E-state index >= 15 is 0 Å². The highest BCUT2D eigenvalue weighted by Gasteiger charge is 2.24. The van der Waals surface area contributed by atoms with Crippen LogP contribution in [0.4, 0.5) is 0 Å². The van der Waals surface area contributed by atoms with Crippen molar-refractivity contribution in [1.29, 1.82) is 0 Å². The third-order valence-electron chi connectivity index (χ3n) is 4.00. The Balaban J connectivity index is 2.64. The molecule has 0 heterocycles. The van der Waals surface area contributed by atoms with Gasteiger partial charge in [0.2, 0.25) is 0 Å². The Morgan fingerprint density at radius 3 is 2.41 bits per heavy atom. The lowest BCUT2D eigenvalue weighted by Crippen LogP contribution is -2.15. The Labute approximate surface area is 132 Å². The van der Waals surface area contributed by atoms with Crippen LogP contribution in [0.15, 0.2) is 35.5 Å². The second kappa shape index (κ2) is 11.1. The maximum absolute atomic E-state index is 12.4. The summed E-state index contributed by atoms with van der Waals surface area (Å²) in [5.74, 6) is 0.193. The molecule has 2 unspecified atom stereocenters. The molecule has 0 amide bonds. The smallest absolute Gasteiger partial charge is 0.175 e. The number of ketones is 1. The highest BCUT2D eigenvalue weighted by atomic mass is 16.3. The number of aliphatic hydroxyl groups excluding tert-OH is 1. The summed E-state index contributed by atoms with van der Waals surface area (Å²) in [5.41, 5.74) is 0.673. The van der Waals surface area contributed by atoms with E-state index in [9.17, 15) is 9.70 Å².